The lowest BCUT2D eigenvalue weighted by atomic mass is 10.1. The lowest BCUT2D eigenvalue weighted by molar-refractivity contribution is 0.187. The minimum Gasteiger partial charge on any atom is -0.381 e. The summed E-state index contributed by atoms with van der Waals surface area (Å²) in [5.74, 6) is -1.54. The maximum atomic E-state index is 13.3. The second-order valence-corrected chi connectivity index (χ2v) is 3.80. The van der Waals surface area contributed by atoms with Crippen LogP contribution in [0.1, 0.15) is 6.42 Å². The van der Waals surface area contributed by atoms with Gasteiger partial charge in [-0.3, -0.25) is 0 Å². The van der Waals surface area contributed by atoms with Crippen molar-refractivity contribution in [1.82, 2.24) is 4.98 Å². The van der Waals surface area contributed by atoms with Gasteiger partial charge < -0.3 is 15.8 Å². The van der Waals surface area contributed by atoms with Crippen molar-refractivity contribution in [2.75, 3.05) is 30.8 Å². The molecule has 3 N–H and O–H groups in total. The van der Waals surface area contributed by atoms with E-state index in [-0.39, 0.29) is 11.6 Å². The second-order valence-electron chi connectivity index (χ2n) is 3.80. The third kappa shape index (κ3) is 2.38. The Morgan fingerprint density at radius 1 is 1.50 bits per heavy atom. The number of hydrogen-bond donors (Lipinski definition) is 2. The van der Waals surface area contributed by atoms with Gasteiger partial charge in [-0.25, -0.2) is 13.8 Å². The highest BCUT2D eigenvalue weighted by molar-refractivity contribution is 5.44. The van der Waals surface area contributed by atoms with Crippen molar-refractivity contribution in [1.29, 1.82) is 0 Å². The fourth-order valence-electron chi connectivity index (χ4n) is 1.59. The minimum atomic E-state index is -0.841. The number of hydrogen-bond acceptors (Lipinski definition) is 4. The first-order valence-electron chi connectivity index (χ1n) is 5.10. The summed E-state index contributed by atoms with van der Waals surface area (Å²) >= 11 is 0. The first kappa shape index (κ1) is 11.1. The van der Waals surface area contributed by atoms with E-state index >= 15 is 0 Å². The van der Waals surface area contributed by atoms with Crippen LogP contribution in [0.4, 0.5) is 20.4 Å². The number of nitrogens with one attached hydrogen (secondary N) is 1. The highest BCUT2D eigenvalue weighted by Crippen LogP contribution is 2.18. The van der Waals surface area contributed by atoms with E-state index in [4.69, 9.17) is 10.5 Å². The summed E-state index contributed by atoms with van der Waals surface area (Å²) in [6, 6.07) is 0.732. The number of halogens is 2. The summed E-state index contributed by atoms with van der Waals surface area (Å²) in [5.41, 5.74) is 5.26. The van der Waals surface area contributed by atoms with Crippen LogP contribution >= 0.6 is 0 Å². The summed E-state index contributed by atoms with van der Waals surface area (Å²) in [6.45, 7) is 1.94. The quantitative estimate of drug-likeness (QED) is 0.822. The molecule has 16 heavy (non-hydrogen) atoms. The predicted molar refractivity (Wildman–Crippen MR) is 56.0 cm³/mol. The molecule has 1 unspecified atom stereocenters. The Morgan fingerprint density at radius 2 is 2.31 bits per heavy atom. The Kier molecular flexibility index (Phi) is 3.19. The second kappa shape index (κ2) is 4.61. The molecule has 2 rings (SSSR count). The standard InChI is InChI=1S/C10H13F2N3O/c11-7-3-8(12)10(15-9(7)13)14-4-6-1-2-16-5-6/h3,6H,1-2,4-5H2,(H3,13,14,15). The topological polar surface area (TPSA) is 60.2 Å². The van der Waals surface area contributed by atoms with Gasteiger partial charge in [0.05, 0.1) is 6.61 Å². The molecular weight excluding hydrogens is 216 g/mol. The maximum Gasteiger partial charge on any atom is 0.168 e. The van der Waals surface area contributed by atoms with E-state index in [1.54, 1.807) is 0 Å². The molecule has 0 saturated carbocycles. The summed E-state index contributed by atoms with van der Waals surface area (Å²) in [6.07, 6.45) is 0.936. The zero-order chi connectivity index (χ0) is 11.5. The molecule has 1 saturated heterocycles. The Labute approximate surface area is 91.8 Å². The monoisotopic (exact) mass is 229 g/mol. The lowest BCUT2D eigenvalue weighted by Crippen LogP contribution is -2.16. The van der Waals surface area contributed by atoms with E-state index in [0.717, 1.165) is 19.1 Å². The fourth-order valence-corrected chi connectivity index (χ4v) is 1.59. The maximum absolute atomic E-state index is 13.3. The van der Waals surface area contributed by atoms with Crippen LogP contribution in [0.3, 0.4) is 0 Å². The molecule has 4 nitrogen and oxygen atoms in total. The third-order valence-corrected chi connectivity index (χ3v) is 2.54. The molecule has 88 valence electrons. The van der Waals surface area contributed by atoms with Crippen LogP contribution in [0.5, 0.6) is 0 Å². The molecular formula is C10H13F2N3O. The average Bonchev–Trinajstić information content (AvgIpc) is 2.74. The normalized spacial score (nSPS) is 20.0. The van der Waals surface area contributed by atoms with E-state index < -0.39 is 11.6 Å². The van der Waals surface area contributed by atoms with Gasteiger partial charge in [0.2, 0.25) is 0 Å². The SMILES string of the molecule is Nc1nc(NCC2CCOC2)c(F)cc1F. The van der Waals surface area contributed by atoms with E-state index in [2.05, 4.69) is 10.3 Å². The predicted octanol–water partition coefficient (Wildman–Crippen LogP) is 1.39. The Bertz CT molecular complexity index is 381. The Balaban J connectivity index is 2.00. The smallest absolute Gasteiger partial charge is 0.168 e. The van der Waals surface area contributed by atoms with Gasteiger partial charge >= 0.3 is 0 Å². The molecule has 0 aromatic carbocycles. The number of aromatic nitrogens is 1. The molecule has 1 aromatic heterocycles. The first-order valence-corrected chi connectivity index (χ1v) is 5.10. The Morgan fingerprint density at radius 3 is 3.00 bits per heavy atom. The third-order valence-electron chi connectivity index (χ3n) is 2.54. The van der Waals surface area contributed by atoms with Crippen LogP contribution in [0.15, 0.2) is 6.07 Å². The highest BCUT2D eigenvalue weighted by atomic mass is 19.1. The summed E-state index contributed by atoms with van der Waals surface area (Å²) in [7, 11) is 0. The first-order chi connectivity index (χ1) is 7.66. The number of nitrogens with zero attached hydrogens (tertiary/aromatic N) is 1. The van der Waals surface area contributed by atoms with Gasteiger partial charge in [0.25, 0.3) is 0 Å². The lowest BCUT2D eigenvalue weighted by Gasteiger charge is -2.11. The van der Waals surface area contributed by atoms with Crippen LogP contribution in [0, 0.1) is 17.6 Å². The molecule has 1 atom stereocenters. The molecule has 1 aliphatic rings. The van der Waals surface area contributed by atoms with Crippen LogP contribution in [-0.2, 0) is 4.74 Å². The van der Waals surface area contributed by atoms with Gasteiger partial charge in [0.1, 0.15) is 0 Å². The van der Waals surface area contributed by atoms with Crippen molar-refractivity contribution in [2.24, 2.45) is 5.92 Å². The van der Waals surface area contributed by atoms with Gasteiger partial charge in [0.15, 0.2) is 23.3 Å². The van der Waals surface area contributed by atoms with Crippen molar-refractivity contribution in [2.45, 2.75) is 6.42 Å². The largest absolute Gasteiger partial charge is 0.381 e. The molecule has 0 amide bonds. The summed E-state index contributed by atoms with van der Waals surface area (Å²) < 4.78 is 31.3. The van der Waals surface area contributed by atoms with Crippen LogP contribution in [-0.4, -0.2) is 24.7 Å². The van der Waals surface area contributed by atoms with Gasteiger partial charge in [-0.2, -0.15) is 0 Å². The molecule has 6 heteroatoms. The van der Waals surface area contributed by atoms with Crippen LogP contribution < -0.4 is 11.1 Å². The van der Waals surface area contributed by atoms with E-state index in [1.165, 1.54) is 0 Å². The number of nitrogens with two attached hydrogens (primary N) is 1. The molecule has 0 spiro atoms. The molecule has 0 bridgehead atoms. The number of nitrogen functional groups attached to an aromatic ring is 1. The zero-order valence-corrected chi connectivity index (χ0v) is 8.67. The van der Waals surface area contributed by atoms with Crippen molar-refractivity contribution in [3.63, 3.8) is 0 Å². The summed E-state index contributed by atoms with van der Waals surface area (Å²) in [5, 5.41) is 2.81. The van der Waals surface area contributed by atoms with Crippen LogP contribution in [0.25, 0.3) is 0 Å². The molecule has 0 radical (unpaired) electrons. The van der Waals surface area contributed by atoms with E-state index in [9.17, 15) is 8.78 Å². The Hall–Kier alpha value is -1.43. The molecule has 0 aliphatic carbocycles. The molecule has 1 fully saturated rings. The highest BCUT2D eigenvalue weighted by Gasteiger charge is 2.16. The van der Waals surface area contributed by atoms with Gasteiger partial charge in [-0.1, -0.05) is 0 Å². The van der Waals surface area contributed by atoms with Gasteiger partial charge in [0, 0.05) is 25.1 Å². The molecule has 1 aromatic rings. The zero-order valence-electron chi connectivity index (χ0n) is 8.67. The van der Waals surface area contributed by atoms with Crippen LogP contribution in [0.2, 0.25) is 0 Å². The molecule has 2 heterocycles. The number of anilines is 2. The minimum absolute atomic E-state index is 0.00852. The number of rotatable bonds is 3. The summed E-state index contributed by atoms with van der Waals surface area (Å²) in [4.78, 5) is 3.61. The molecule has 1 aliphatic heterocycles. The van der Waals surface area contributed by atoms with Crippen molar-refractivity contribution >= 4 is 11.6 Å². The van der Waals surface area contributed by atoms with Crippen molar-refractivity contribution < 1.29 is 13.5 Å². The van der Waals surface area contributed by atoms with Crippen molar-refractivity contribution in [3.05, 3.63) is 17.7 Å². The average molecular weight is 229 g/mol. The number of pyridine rings is 1. The van der Waals surface area contributed by atoms with Gasteiger partial charge in [-0.05, 0) is 6.42 Å². The number of ether oxygens (including phenoxy) is 1. The van der Waals surface area contributed by atoms with E-state index in [0.29, 0.717) is 19.1 Å². The van der Waals surface area contributed by atoms with E-state index in [1.807, 2.05) is 0 Å². The van der Waals surface area contributed by atoms with Crippen molar-refractivity contribution in [3.8, 4) is 0 Å². The van der Waals surface area contributed by atoms with Gasteiger partial charge in [-0.15, -0.1) is 0 Å². The fraction of sp³-hybridized carbons (Fsp3) is 0.500.